The second-order valence-corrected chi connectivity index (χ2v) is 11.5. The maximum atomic E-state index is 13.2. The highest BCUT2D eigenvalue weighted by molar-refractivity contribution is 7.89. The molecule has 1 unspecified atom stereocenters. The quantitative estimate of drug-likeness (QED) is 0.744. The Bertz CT molecular complexity index is 930. The van der Waals surface area contributed by atoms with Crippen molar-refractivity contribution in [2.75, 3.05) is 6.54 Å². The zero-order chi connectivity index (χ0) is 21.0. The van der Waals surface area contributed by atoms with Crippen LogP contribution in [0.2, 0.25) is 0 Å². The standard InChI is InChI=1S/C22H28N2O5S/c25-21(23-20-16-9-13-8-14(11-16)12-17(20)10-13)19-2-1-7-24(19)30(28,29)18-5-3-15(4-6-18)22(26)27/h3-6,13-14,16-17,19-20H,1-2,7-12H2,(H,23,25)(H,26,27). The molecule has 4 aliphatic carbocycles. The number of carbonyl (C=O) groups is 2. The number of nitrogens with one attached hydrogen (secondary N) is 1. The molecule has 1 aromatic rings. The Balaban J connectivity index is 1.32. The lowest BCUT2D eigenvalue weighted by Crippen LogP contribution is -2.58. The van der Waals surface area contributed by atoms with Gasteiger partial charge in [0.2, 0.25) is 15.9 Å². The molecule has 4 bridgehead atoms. The third kappa shape index (κ3) is 3.34. The minimum atomic E-state index is -3.86. The molecule has 0 radical (unpaired) electrons. The van der Waals surface area contributed by atoms with Crippen molar-refractivity contribution in [3.8, 4) is 0 Å². The fourth-order valence-electron chi connectivity index (χ4n) is 6.62. The second-order valence-electron chi connectivity index (χ2n) is 9.57. The number of amides is 1. The van der Waals surface area contributed by atoms with Crippen molar-refractivity contribution >= 4 is 21.9 Å². The van der Waals surface area contributed by atoms with Gasteiger partial charge in [0.25, 0.3) is 0 Å². The van der Waals surface area contributed by atoms with E-state index in [1.54, 1.807) is 0 Å². The third-order valence-electron chi connectivity index (χ3n) is 7.75. The monoisotopic (exact) mass is 432 g/mol. The van der Waals surface area contributed by atoms with Gasteiger partial charge in [0, 0.05) is 12.6 Å². The lowest BCUT2D eigenvalue weighted by atomic mass is 9.54. The van der Waals surface area contributed by atoms with Crippen LogP contribution in [0.25, 0.3) is 0 Å². The van der Waals surface area contributed by atoms with Gasteiger partial charge in [-0.05, 0) is 92.9 Å². The van der Waals surface area contributed by atoms with Crippen molar-refractivity contribution in [1.82, 2.24) is 9.62 Å². The molecule has 0 aromatic heterocycles. The summed E-state index contributed by atoms with van der Waals surface area (Å²) in [4.78, 5) is 24.2. The van der Waals surface area contributed by atoms with Crippen molar-refractivity contribution in [3.05, 3.63) is 29.8 Å². The maximum absolute atomic E-state index is 13.2. The number of carbonyl (C=O) groups excluding carboxylic acids is 1. The number of sulfonamides is 1. The first kappa shape index (κ1) is 20.0. The lowest BCUT2D eigenvalue weighted by Gasteiger charge is -2.54. The normalized spacial score (nSPS) is 35.5. The molecule has 5 fully saturated rings. The van der Waals surface area contributed by atoms with Gasteiger partial charge in [0.15, 0.2) is 0 Å². The Labute approximate surface area is 176 Å². The third-order valence-corrected chi connectivity index (χ3v) is 9.67. The summed E-state index contributed by atoms with van der Waals surface area (Å²) in [5.74, 6) is 1.44. The number of hydrogen-bond donors (Lipinski definition) is 2. The molecule has 1 atom stereocenters. The van der Waals surface area contributed by atoms with Crippen LogP contribution < -0.4 is 5.32 Å². The van der Waals surface area contributed by atoms with Gasteiger partial charge in [-0.25, -0.2) is 13.2 Å². The minimum Gasteiger partial charge on any atom is -0.478 e. The van der Waals surface area contributed by atoms with Gasteiger partial charge in [-0.1, -0.05) is 0 Å². The first-order valence-electron chi connectivity index (χ1n) is 11.0. The van der Waals surface area contributed by atoms with Gasteiger partial charge >= 0.3 is 5.97 Å². The molecule has 7 nitrogen and oxygen atoms in total. The zero-order valence-electron chi connectivity index (χ0n) is 16.9. The molecule has 8 heteroatoms. The van der Waals surface area contributed by atoms with Gasteiger partial charge in [-0.3, -0.25) is 4.79 Å². The van der Waals surface area contributed by atoms with E-state index in [9.17, 15) is 18.0 Å². The van der Waals surface area contributed by atoms with Gasteiger partial charge in [-0.2, -0.15) is 4.31 Å². The van der Waals surface area contributed by atoms with E-state index in [-0.39, 0.29) is 22.4 Å². The minimum absolute atomic E-state index is 0.0295. The fraction of sp³-hybridized carbons (Fsp3) is 0.636. The number of nitrogens with zero attached hydrogens (tertiary/aromatic N) is 1. The predicted octanol–water partition coefficient (Wildman–Crippen LogP) is 2.48. The van der Waals surface area contributed by atoms with Gasteiger partial charge < -0.3 is 10.4 Å². The van der Waals surface area contributed by atoms with Crippen LogP contribution in [0.15, 0.2) is 29.2 Å². The molecule has 1 saturated heterocycles. The number of carboxylic acid groups (broad SMARTS) is 1. The molecular weight excluding hydrogens is 404 g/mol. The van der Waals surface area contributed by atoms with E-state index >= 15 is 0 Å². The SMILES string of the molecule is O=C(O)c1ccc(S(=O)(=O)N2CCCC2C(=O)NC2C3CC4CC(C3)CC2C4)cc1. The number of hydrogen-bond acceptors (Lipinski definition) is 4. The summed E-state index contributed by atoms with van der Waals surface area (Å²) >= 11 is 0. The Hall–Kier alpha value is -1.93. The highest BCUT2D eigenvalue weighted by Gasteiger charge is 2.49. The van der Waals surface area contributed by atoms with Gasteiger partial charge in [0.1, 0.15) is 6.04 Å². The molecule has 2 N–H and O–H groups in total. The van der Waals surface area contributed by atoms with Gasteiger partial charge in [-0.15, -0.1) is 0 Å². The zero-order valence-corrected chi connectivity index (χ0v) is 17.7. The van der Waals surface area contributed by atoms with Crippen LogP contribution in [0.3, 0.4) is 0 Å². The summed E-state index contributed by atoms with van der Waals surface area (Å²) in [6.07, 6.45) is 7.29. The average Bonchev–Trinajstić information content (AvgIpc) is 3.21. The highest BCUT2D eigenvalue weighted by atomic mass is 32.2. The van der Waals surface area contributed by atoms with E-state index in [4.69, 9.17) is 5.11 Å². The van der Waals surface area contributed by atoms with Crippen LogP contribution in [0.5, 0.6) is 0 Å². The van der Waals surface area contributed by atoms with Crippen molar-refractivity contribution < 1.29 is 23.1 Å². The Kier molecular flexibility index (Phi) is 4.89. The first-order valence-corrected chi connectivity index (χ1v) is 12.4. The molecule has 1 heterocycles. The van der Waals surface area contributed by atoms with Crippen LogP contribution >= 0.6 is 0 Å². The van der Waals surface area contributed by atoms with E-state index < -0.39 is 22.0 Å². The highest BCUT2D eigenvalue weighted by Crippen LogP contribution is 2.53. The Morgan fingerprint density at radius 1 is 0.967 bits per heavy atom. The Morgan fingerprint density at radius 3 is 2.13 bits per heavy atom. The van der Waals surface area contributed by atoms with E-state index in [0.717, 1.165) is 11.8 Å². The Morgan fingerprint density at radius 2 is 1.57 bits per heavy atom. The fourth-order valence-corrected chi connectivity index (χ4v) is 8.27. The van der Waals surface area contributed by atoms with Crippen LogP contribution in [0, 0.1) is 23.7 Å². The molecule has 4 saturated carbocycles. The average molecular weight is 433 g/mol. The van der Waals surface area contributed by atoms with Gasteiger partial charge in [0.05, 0.1) is 10.5 Å². The summed E-state index contributed by atoms with van der Waals surface area (Å²) in [6, 6.07) is 4.69. The van der Waals surface area contributed by atoms with E-state index in [0.29, 0.717) is 31.2 Å². The number of aromatic carboxylic acids is 1. The smallest absolute Gasteiger partial charge is 0.335 e. The first-order chi connectivity index (χ1) is 14.3. The van der Waals surface area contributed by atoms with Crippen molar-refractivity contribution in [2.24, 2.45) is 23.7 Å². The van der Waals surface area contributed by atoms with Crippen molar-refractivity contribution in [1.29, 1.82) is 0 Å². The molecule has 30 heavy (non-hydrogen) atoms. The molecule has 0 spiro atoms. The van der Waals surface area contributed by atoms with Crippen molar-refractivity contribution in [2.45, 2.75) is 61.9 Å². The van der Waals surface area contributed by atoms with Crippen LogP contribution in [-0.4, -0.2) is 48.3 Å². The summed E-state index contributed by atoms with van der Waals surface area (Å²) < 4.78 is 27.6. The number of carboxylic acids is 1. The summed E-state index contributed by atoms with van der Waals surface area (Å²) in [5.41, 5.74) is 0.0338. The van der Waals surface area contributed by atoms with E-state index in [1.807, 2.05) is 0 Å². The van der Waals surface area contributed by atoms with E-state index in [1.165, 1.54) is 60.7 Å². The lowest BCUT2D eigenvalue weighted by molar-refractivity contribution is -0.128. The summed E-state index contributed by atoms with van der Waals surface area (Å²) in [6.45, 7) is 0.308. The number of benzene rings is 1. The van der Waals surface area contributed by atoms with E-state index in [2.05, 4.69) is 5.32 Å². The van der Waals surface area contributed by atoms with Crippen LogP contribution in [0.1, 0.15) is 55.3 Å². The molecule has 1 amide bonds. The van der Waals surface area contributed by atoms with Crippen LogP contribution in [-0.2, 0) is 14.8 Å². The largest absolute Gasteiger partial charge is 0.478 e. The molecule has 6 rings (SSSR count). The summed E-state index contributed by atoms with van der Waals surface area (Å²) in [7, 11) is -3.86. The topological polar surface area (TPSA) is 104 Å². The van der Waals surface area contributed by atoms with Crippen LogP contribution in [0.4, 0.5) is 0 Å². The predicted molar refractivity (Wildman–Crippen MR) is 109 cm³/mol. The molecule has 162 valence electrons. The maximum Gasteiger partial charge on any atom is 0.335 e. The molecule has 1 aromatic carbocycles. The second kappa shape index (κ2) is 7.34. The molecule has 5 aliphatic rings. The number of rotatable bonds is 5. The molecule has 1 aliphatic heterocycles. The van der Waals surface area contributed by atoms with Crippen molar-refractivity contribution in [3.63, 3.8) is 0 Å². The molecular formula is C22H28N2O5S. The summed E-state index contributed by atoms with van der Waals surface area (Å²) in [5, 5.41) is 12.3.